The fourth-order valence-corrected chi connectivity index (χ4v) is 2.67. The van der Waals surface area contributed by atoms with Crippen LogP contribution < -0.4 is 5.32 Å². The first-order chi connectivity index (χ1) is 9.78. The van der Waals surface area contributed by atoms with Crippen molar-refractivity contribution < 1.29 is 0 Å². The van der Waals surface area contributed by atoms with Gasteiger partial charge in [0.1, 0.15) is 0 Å². The van der Waals surface area contributed by atoms with Crippen LogP contribution in [0.1, 0.15) is 55.1 Å². The van der Waals surface area contributed by atoms with Crippen molar-refractivity contribution >= 4 is 0 Å². The fourth-order valence-electron chi connectivity index (χ4n) is 2.67. The lowest BCUT2D eigenvalue weighted by Crippen LogP contribution is -2.21. The molecule has 1 fully saturated rings. The van der Waals surface area contributed by atoms with Gasteiger partial charge in [0.05, 0.1) is 12.0 Å². The molecule has 1 N–H and O–H groups in total. The highest BCUT2D eigenvalue weighted by molar-refractivity contribution is 5.24. The summed E-state index contributed by atoms with van der Waals surface area (Å²) in [6.07, 6.45) is 7.67. The summed E-state index contributed by atoms with van der Waals surface area (Å²) in [4.78, 5) is 4.29. The Hall–Kier alpha value is -1.61. The van der Waals surface area contributed by atoms with E-state index in [1.165, 1.54) is 29.7 Å². The number of rotatable bonds is 6. The van der Waals surface area contributed by atoms with Crippen molar-refractivity contribution in [3.05, 3.63) is 53.6 Å². The molecule has 0 radical (unpaired) electrons. The van der Waals surface area contributed by atoms with E-state index in [0.29, 0.717) is 12.1 Å². The number of aryl methyl sites for hydroxylation is 1. The van der Waals surface area contributed by atoms with Crippen molar-refractivity contribution in [3.63, 3.8) is 0 Å². The lowest BCUT2D eigenvalue weighted by molar-refractivity contribution is 0.502. The largest absolute Gasteiger partial charge is 0.330 e. The van der Waals surface area contributed by atoms with Crippen molar-refractivity contribution in [1.82, 2.24) is 14.9 Å². The minimum absolute atomic E-state index is 0.415. The minimum Gasteiger partial charge on any atom is -0.330 e. The Morgan fingerprint density at radius 1 is 1.30 bits per heavy atom. The van der Waals surface area contributed by atoms with Crippen LogP contribution in [0.4, 0.5) is 0 Å². The van der Waals surface area contributed by atoms with Gasteiger partial charge in [-0.05, 0) is 31.7 Å². The zero-order valence-electron chi connectivity index (χ0n) is 12.3. The average molecular weight is 269 g/mol. The molecule has 3 rings (SSSR count). The third kappa shape index (κ3) is 2.93. The van der Waals surface area contributed by atoms with Crippen LogP contribution >= 0.6 is 0 Å². The number of nitrogens with one attached hydrogen (secondary N) is 1. The van der Waals surface area contributed by atoms with Crippen LogP contribution in [0.3, 0.4) is 0 Å². The second-order valence-corrected chi connectivity index (χ2v) is 5.78. The smallest absolute Gasteiger partial charge is 0.0951 e. The summed E-state index contributed by atoms with van der Waals surface area (Å²) in [5, 5.41) is 3.67. The molecule has 20 heavy (non-hydrogen) atoms. The molecule has 1 aliphatic rings. The minimum atomic E-state index is 0.415. The maximum Gasteiger partial charge on any atom is 0.0951 e. The highest BCUT2D eigenvalue weighted by Gasteiger charge is 2.25. The molecule has 0 spiro atoms. The molecule has 0 bridgehead atoms. The first-order valence-corrected chi connectivity index (χ1v) is 7.58. The van der Waals surface area contributed by atoms with Gasteiger partial charge < -0.3 is 9.88 Å². The van der Waals surface area contributed by atoms with E-state index in [2.05, 4.69) is 53.0 Å². The molecule has 1 aliphatic carbocycles. The van der Waals surface area contributed by atoms with Crippen LogP contribution in [0, 0.1) is 6.92 Å². The van der Waals surface area contributed by atoms with Gasteiger partial charge in [-0.1, -0.05) is 36.8 Å². The second-order valence-electron chi connectivity index (χ2n) is 5.78. The van der Waals surface area contributed by atoms with Gasteiger partial charge in [0.2, 0.25) is 0 Å². The number of benzene rings is 1. The van der Waals surface area contributed by atoms with Crippen LogP contribution in [0.5, 0.6) is 0 Å². The van der Waals surface area contributed by atoms with Gasteiger partial charge in [-0.25, -0.2) is 4.98 Å². The van der Waals surface area contributed by atoms with E-state index in [1.807, 2.05) is 12.5 Å². The molecule has 3 nitrogen and oxygen atoms in total. The van der Waals surface area contributed by atoms with Crippen molar-refractivity contribution in [3.8, 4) is 0 Å². The molecular formula is C17H23N3. The molecular weight excluding hydrogens is 246 g/mol. The average Bonchev–Trinajstić information content (AvgIpc) is 3.21. The van der Waals surface area contributed by atoms with E-state index < -0.39 is 0 Å². The topological polar surface area (TPSA) is 29.9 Å². The lowest BCUT2D eigenvalue weighted by atomic mass is 10.0. The van der Waals surface area contributed by atoms with Crippen molar-refractivity contribution in [2.45, 2.75) is 51.7 Å². The molecule has 0 aliphatic heterocycles. The number of imidazole rings is 1. The van der Waals surface area contributed by atoms with Crippen LogP contribution in [-0.2, 0) is 6.54 Å². The zero-order valence-corrected chi connectivity index (χ0v) is 12.3. The Bertz CT molecular complexity index is 552. The summed E-state index contributed by atoms with van der Waals surface area (Å²) in [5.41, 5.74) is 3.99. The van der Waals surface area contributed by atoms with Crippen LogP contribution in [0.15, 0.2) is 36.8 Å². The summed E-state index contributed by atoms with van der Waals surface area (Å²) in [6, 6.07) is 9.96. The number of nitrogens with zero attached hydrogens (tertiary/aromatic N) is 2. The molecule has 1 aromatic heterocycles. The van der Waals surface area contributed by atoms with E-state index in [0.717, 1.165) is 13.0 Å². The van der Waals surface area contributed by atoms with E-state index in [1.54, 1.807) is 0 Å². The predicted molar refractivity (Wildman–Crippen MR) is 81.5 cm³/mol. The van der Waals surface area contributed by atoms with Gasteiger partial charge in [-0.15, -0.1) is 0 Å². The summed E-state index contributed by atoms with van der Waals surface area (Å²) >= 11 is 0. The fraction of sp³-hybridized carbons (Fsp3) is 0.471. The highest BCUT2D eigenvalue weighted by atomic mass is 15.1. The summed E-state index contributed by atoms with van der Waals surface area (Å²) < 4.78 is 2.33. The molecule has 1 aromatic carbocycles. The zero-order chi connectivity index (χ0) is 13.9. The highest BCUT2D eigenvalue weighted by Crippen LogP contribution is 2.35. The standard InChI is InChI=1S/C17H23N3/c1-3-17(14-6-4-13(2)5-7-14)19-11-16-10-18-12-20(16)15-8-9-15/h4-7,10,12,15,17,19H,3,8-9,11H2,1-2H3. The van der Waals surface area contributed by atoms with Gasteiger partial charge in [0, 0.05) is 24.8 Å². The predicted octanol–water partition coefficient (Wildman–Crippen LogP) is 3.77. The Balaban J connectivity index is 1.66. The Morgan fingerprint density at radius 2 is 2.05 bits per heavy atom. The molecule has 1 unspecified atom stereocenters. The van der Waals surface area contributed by atoms with E-state index in [4.69, 9.17) is 0 Å². The van der Waals surface area contributed by atoms with Gasteiger partial charge >= 0.3 is 0 Å². The summed E-state index contributed by atoms with van der Waals surface area (Å²) in [6.45, 7) is 5.25. The third-order valence-electron chi connectivity index (χ3n) is 4.10. The second kappa shape index (κ2) is 5.80. The Morgan fingerprint density at radius 3 is 2.70 bits per heavy atom. The van der Waals surface area contributed by atoms with Crippen molar-refractivity contribution in [2.75, 3.05) is 0 Å². The van der Waals surface area contributed by atoms with E-state index in [-0.39, 0.29) is 0 Å². The quantitative estimate of drug-likeness (QED) is 0.865. The molecule has 1 heterocycles. The summed E-state index contributed by atoms with van der Waals surface area (Å²) in [5.74, 6) is 0. The number of hydrogen-bond donors (Lipinski definition) is 1. The number of aromatic nitrogens is 2. The van der Waals surface area contributed by atoms with Gasteiger partial charge in [-0.2, -0.15) is 0 Å². The monoisotopic (exact) mass is 269 g/mol. The van der Waals surface area contributed by atoms with Crippen LogP contribution in [0.2, 0.25) is 0 Å². The first kappa shape index (κ1) is 13.4. The number of hydrogen-bond acceptors (Lipinski definition) is 2. The van der Waals surface area contributed by atoms with Gasteiger partial charge in [0.25, 0.3) is 0 Å². The van der Waals surface area contributed by atoms with E-state index >= 15 is 0 Å². The van der Waals surface area contributed by atoms with Crippen molar-refractivity contribution in [2.24, 2.45) is 0 Å². The SMILES string of the molecule is CCC(NCc1cncn1C1CC1)c1ccc(C)cc1. The van der Waals surface area contributed by atoms with Crippen LogP contribution in [-0.4, -0.2) is 9.55 Å². The normalized spacial score (nSPS) is 16.3. The molecule has 1 atom stereocenters. The Kier molecular flexibility index (Phi) is 3.88. The van der Waals surface area contributed by atoms with Crippen molar-refractivity contribution in [1.29, 1.82) is 0 Å². The maximum atomic E-state index is 4.29. The lowest BCUT2D eigenvalue weighted by Gasteiger charge is -2.18. The van der Waals surface area contributed by atoms with Gasteiger partial charge in [-0.3, -0.25) is 0 Å². The molecule has 106 valence electrons. The molecule has 3 heteroatoms. The summed E-state index contributed by atoms with van der Waals surface area (Å²) in [7, 11) is 0. The third-order valence-corrected chi connectivity index (χ3v) is 4.10. The van der Waals surface area contributed by atoms with Gasteiger partial charge in [0.15, 0.2) is 0 Å². The maximum absolute atomic E-state index is 4.29. The molecule has 1 saturated carbocycles. The Labute approximate surface area is 121 Å². The van der Waals surface area contributed by atoms with E-state index in [9.17, 15) is 0 Å². The molecule has 0 saturated heterocycles. The van der Waals surface area contributed by atoms with Crippen LogP contribution in [0.25, 0.3) is 0 Å². The first-order valence-electron chi connectivity index (χ1n) is 7.58. The molecule has 0 amide bonds. The molecule has 2 aromatic rings.